The van der Waals surface area contributed by atoms with Crippen molar-refractivity contribution in [3.05, 3.63) is 29.8 Å². The Morgan fingerprint density at radius 2 is 1.89 bits per heavy atom. The van der Waals surface area contributed by atoms with E-state index in [0.717, 1.165) is 25.2 Å². The summed E-state index contributed by atoms with van der Waals surface area (Å²) in [4.78, 5) is 0. The highest BCUT2D eigenvalue weighted by Crippen LogP contribution is 2.39. The van der Waals surface area contributed by atoms with Crippen molar-refractivity contribution in [3.63, 3.8) is 0 Å². The molecule has 0 N–H and O–H groups in total. The van der Waals surface area contributed by atoms with Crippen LogP contribution >= 0.6 is 7.92 Å². The van der Waals surface area contributed by atoms with E-state index in [2.05, 4.69) is 20.8 Å². The number of benzene rings is 1. The van der Waals surface area contributed by atoms with Crippen LogP contribution in [0.25, 0.3) is 0 Å². The molecule has 0 radical (unpaired) electrons. The SMILES string of the molecule is CCCC(C)CP(CCC)c1cc(F)ccc1F. The lowest BCUT2D eigenvalue weighted by atomic mass is 10.1. The molecule has 0 heterocycles. The molecule has 18 heavy (non-hydrogen) atoms. The van der Waals surface area contributed by atoms with Crippen molar-refractivity contribution < 1.29 is 8.78 Å². The van der Waals surface area contributed by atoms with Gasteiger partial charge in [-0.1, -0.05) is 48.0 Å². The Balaban J connectivity index is 2.85. The molecular formula is C15H23F2P. The summed E-state index contributed by atoms with van der Waals surface area (Å²) in [5.41, 5.74) is 0. The van der Waals surface area contributed by atoms with Crippen LogP contribution in [0.3, 0.4) is 0 Å². The van der Waals surface area contributed by atoms with Crippen LogP contribution in [-0.2, 0) is 0 Å². The summed E-state index contributed by atoms with van der Waals surface area (Å²) in [5.74, 6) is 0.0353. The van der Waals surface area contributed by atoms with Gasteiger partial charge in [-0.15, -0.1) is 0 Å². The van der Waals surface area contributed by atoms with Crippen LogP contribution in [0.1, 0.15) is 40.0 Å². The van der Waals surface area contributed by atoms with Gasteiger partial charge in [0.2, 0.25) is 0 Å². The molecule has 1 rings (SSSR count). The minimum atomic E-state index is -0.559. The molecule has 0 saturated carbocycles. The summed E-state index contributed by atoms with van der Waals surface area (Å²) >= 11 is 0. The molecule has 1 aromatic carbocycles. The first kappa shape index (κ1) is 15.6. The van der Waals surface area contributed by atoms with Crippen LogP contribution < -0.4 is 5.30 Å². The van der Waals surface area contributed by atoms with Crippen LogP contribution in [0.2, 0.25) is 0 Å². The van der Waals surface area contributed by atoms with Gasteiger partial charge in [0.05, 0.1) is 0 Å². The largest absolute Gasteiger partial charge is 0.207 e. The number of hydrogen-bond donors (Lipinski definition) is 0. The fourth-order valence-corrected chi connectivity index (χ4v) is 5.05. The molecule has 0 aliphatic heterocycles. The second-order valence-corrected chi connectivity index (χ2v) is 7.31. The van der Waals surface area contributed by atoms with Gasteiger partial charge in [-0.05, 0) is 36.4 Å². The minimum absolute atomic E-state index is 0.236. The van der Waals surface area contributed by atoms with Crippen molar-refractivity contribution in [3.8, 4) is 0 Å². The highest BCUT2D eigenvalue weighted by atomic mass is 31.1. The van der Waals surface area contributed by atoms with E-state index in [1.807, 2.05) is 0 Å². The third-order valence-electron chi connectivity index (χ3n) is 3.06. The molecule has 3 heteroatoms. The summed E-state index contributed by atoms with van der Waals surface area (Å²) < 4.78 is 27.1. The molecule has 0 aliphatic rings. The van der Waals surface area contributed by atoms with Gasteiger partial charge in [0.1, 0.15) is 11.6 Å². The van der Waals surface area contributed by atoms with Crippen LogP contribution in [0.5, 0.6) is 0 Å². The summed E-state index contributed by atoms with van der Waals surface area (Å²) in [5, 5.41) is 0.620. The van der Waals surface area contributed by atoms with Gasteiger partial charge in [-0.3, -0.25) is 0 Å². The standard InChI is InChI=1S/C15H23F2P/c1-4-6-12(3)11-18(9-5-2)15-10-13(16)7-8-14(15)17/h7-8,10,12H,4-6,9,11H2,1-3H3. The molecule has 0 spiro atoms. The first-order valence-corrected chi connectivity index (χ1v) is 8.49. The molecule has 2 unspecified atom stereocenters. The minimum Gasteiger partial charge on any atom is -0.207 e. The maximum Gasteiger partial charge on any atom is 0.131 e. The fraction of sp³-hybridized carbons (Fsp3) is 0.600. The van der Waals surface area contributed by atoms with Crippen molar-refractivity contribution in [2.24, 2.45) is 5.92 Å². The van der Waals surface area contributed by atoms with Crippen molar-refractivity contribution >= 4 is 13.2 Å². The lowest BCUT2D eigenvalue weighted by Gasteiger charge is -2.22. The molecule has 0 bridgehead atoms. The first-order chi connectivity index (χ1) is 8.58. The highest BCUT2D eigenvalue weighted by molar-refractivity contribution is 7.65. The Kier molecular flexibility index (Phi) is 6.78. The molecule has 0 nitrogen and oxygen atoms in total. The summed E-state index contributed by atoms with van der Waals surface area (Å²) in [6, 6.07) is 3.86. The second kappa shape index (κ2) is 7.84. The zero-order valence-corrected chi connectivity index (χ0v) is 12.4. The lowest BCUT2D eigenvalue weighted by molar-refractivity contribution is 0.581. The predicted octanol–water partition coefficient (Wildman–Crippen LogP) is 4.92. The molecule has 102 valence electrons. The maximum atomic E-state index is 13.8. The van der Waals surface area contributed by atoms with Gasteiger partial charge in [0.25, 0.3) is 0 Å². The highest BCUT2D eigenvalue weighted by Gasteiger charge is 2.18. The third-order valence-corrected chi connectivity index (χ3v) is 6.13. The molecule has 2 atom stereocenters. The van der Waals surface area contributed by atoms with Crippen molar-refractivity contribution in [2.45, 2.75) is 40.0 Å². The van der Waals surface area contributed by atoms with Crippen molar-refractivity contribution in [2.75, 3.05) is 12.3 Å². The molecule has 0 aliphatic carbocycles. The first-order valence-electron chi connectivity index (χ1n) is 6.78. The quantitative estimate of drug-likeness (QED) is 0.618. The normalized spacial score (nSPS) is 14.5. The summed E-state index contributed by atoms with van der Waals surface area (Å²) in [7, 11) is -0.559. The number of rotatable bonds is 7. The van der Waals surface area contributed by atoms with Gasteiger partial charge < -0.3 is 0 Å². The molecular weight excluding hydrogens is 249 g/mol. The van der Waals surface area contributed by atoms with E-state index in [1.54, 1.807) is 0 Å². The van der Waals surface area contributed by atoms with E-state index < -0.39 is 7.92 Å². The Morgan fingerprint density at radius 3 is 2.50 bits per heavy atom. The van der Waals surface area contributed by atoms with Gasteiger partial charge in [-0.2, -0.15) is 0 Å². The Morgan fingerprint density at radius 1 is 1.17 bits per heavy atom. The van der Waals surface area contributed by atoms with Crippen LogP contribution in [0.4, 0.5) is 8.78 Å². The zero-order chi connectivity index (χ0) is 13.5. The molecule has 0 amide bonds. The van der Waals surface area contributed by atoms with Crippen LogP contribution in [0, 0.1) is 17.6 Å². The molecule has 0 saturated heterocycles. The second-order valence-electron chi connectivity index (χ2n) is 4.94. The predicted molar refractivity (Wildman–Crippen MR) is 77.0 cm³/mol. The van der Waals surface area contributed by atoms with E-state index in [-0.39, 0.29) is 11.6 Å². The van der Waals surface area contributed by atoms with Crippen LogP contribution in [0.15, 0.2) is 18.2 Å². The Hall–Kier alpha value is -0.490. The summed E-state index contributed by atoms with van der Waals surface area (Å²) in [6.07, 6.45) is 5.35. The van der Waals surface area contributed by atoms with Crippen molar-refractivity contribution in [1.29, 1.82) is 0 Å². The monoisotopic (exact) mass is 272 g/mol. The topological polar surface area (TPSA) is 0 Å². The van der Waals surface area contributed by atoms with Crippen molar-refractivity contribution in [1.82, 2.24) is 0 Å². The average Bonchev–Trinajstić information content (AvgIpc) is 2.32. The fourth-order valence-electron chi connectivity index (χ4n) is 2.27. The van der Waals surface area contributed by atoms with Crippen LogP contribution in [-0.4, -0.2) is 12.3 Å². The van der Waals surface area contributed by atoms with Gasteiger partial charge in [0.15, 0.2) is 0 Å². The molecule has 1 aromatic rings. The van der Waals surface area contributed by atoms with E-state index >= 15 is 0 Å². The van der Waals surface area contributed by atoms with Gasteiger partial charge >= 0.3 is 0 Å². The van der Waals surface area contributed by atoms with E-state index in [9.17, 15) is 8.78 Å². The number of hydrogen-bond acceptors (Lipinski definition) is 0. The average molecular weight is 272 g/mol. The van der Waals surface area contributed by atoms with E-state index in [4.69, 9.17) is 0 Å². The van der Waals surface area contributed by atoms with Gasteiger partial charge in [0, 0.05) is 5.30 Å². The summed E-state index contributed by atoms with van der Waals surface area (Å²) in [6.45, 7) is 6.49. The molecule has 0 aromatic heterocycles. The smallest absolute Gasteiger partial charge is 0.131 e. The van der Waals surface area contributed by atoms with E-state index in [0.29, 0.717) is 11.2 Å². The lowest BCUT2D eigenvalue weighted by Crippen LogP contribution is -2.15. The Labute approximate surface area is 111 Å². The molecule has 0 fully saturated rings. The third kappa shape index (κ3) is 4.65. The Bertz CT molecular complexity index is 366. The maximum absolute atomic E-state index is 13.8. The van der Waals surface area contributed by atoms with Gasteiger partial charge in [-0.25, -0.2) is 8.78 Å². The van der Waals surface area contributed by atoms with E-state index in [1.165, 1.54) is 24.6 Å². The number of halogens is 2. The zero-order valence-electron chi connectivity index (χ0n) is 11.5.